The van der Waals surface area contributed by atoms with Crippen LogP contribution in [0.3, 0.4) is 0 Å². The summed E-state index contributed by atoms with van der Waals surface area (Å²) < 4.78 is 25.4. The number of carbonyl (C=O) groups excluding carboxylic acids is 2. The normalized spacial score (nSPS) is 10.3. The molecule has 0 unspecified atom stereocenters. The molecule has 2 rings (SSSR count). The van der Waals surface area contributed by atoms with Crippen molar-refractivity contribution < 1.29 is 33.3 Å². The number of hydrogen-bond donors (Lipinski definition) is 1. The molecule has 0 saturated heterocycles. The zero-order valence-electron chi connectivity index (χ0n) is 16.6. The predicted octanol–water partition coefficient (Wildman–Crippen LogP) is 2.03. The van der Waals surface area contributed by atoms with Crippen LogP contribution in [0.2, 0.25) is 0 Å². The molecule has 0 aromatic heterocycles. The van der Waals surface area contributed by atoms with Crippen molar-refractivity contribution in [3.05, 3.63) is 47.5 Å². The Morgan fingerprint density at radius 1 is 0.931 bits per heavy atom. The van der Waals surface area contributed by atoms with Crippen LogP contribution < -0.4 is 24.4 Å². The number of hydrazone groups is 1. The Morgan fingerprint density at radius 2 is 1.62 bits per heavy atom. The highest BCUT2D eigenvalue weighted by Crippen LogP contribution is 2.27. The van der Waals surface area contributed by atoms with Crippen LogP contribution in [0.4, 0.5) is 0 Å². The Hall–Kier alpha value is -3.75. The van der Waals surface area contributed by atoms with E-state index in [9.17, 15) is 9.59 Å². The lowest BCUT2D eigenvalue weighted by atomic mass is 10.2. The van der Waals surface area contributed by atoms with Gasteiger partial charge in [0.2, 0.25) is 0 Å². The highest BCUT2D eigenvalue weighted by molar-refractivity contribution is 5.95. The lowest BCUT2D eigenvalue weighted by Gasteiger charge is -2.10. The largest absolute Gasteiger partial charge is 0.497 e. The van der Waals surface area contributed by atoms with E-state index in [0.29, 0.717) is 34.1 Å². The van der Waals surface area contributed by atoms with Gasteiger partial charge in [0.05, 0.1) is 34.7 Å². The summed E-state index contributed by atoms with van der Waals surface area (Å²) in [6.07, 6.45) is 1.45. The van der Waals surface area contributed by atoms with Crippen LogP contribution >= 0.6 is 0 Å². The van der Waals surface area contributed by atoms with Crippen LogP contribution in [0.1, 0.15) is 15.9 Å². The number of rotatable bonds is 9. The Labute approximate surface area is 168 Å². The third kappa shape index (κ3) is 6.13. The summed E-state index contributed by atoms with van der Waals surface area (Å²) in [7, 11) is 5.75. The highest BCUT2D eigenvalue weighted by atomic mass is 16.6. The highest BCUT2D eigenvalue weighted by Gasteiger charge is 2.10. The molecule has 0 atom stereocenters. The first-order valence-electron chi connectivity index (χ1n) is 8.44. The minimum atomic E-state index is -0.505. The number of benzene rings is 2. The van der Waals surface area contributed by atoms with Gasteiger partial charge in [-0.25, -0.2) is 10.2 Å². The molecule has 0 saturated carbocycles. The summed E-state index contributed by atoms with van der Waals surface area (Å²) >= 11 is 0. The van der Waals surface area contributed by atoms with E-state index in [1.165, 1.54) is 34.7 Å². The molecule has 29 heavy (non-hydrogen) atoms. The van der Waals surface area contributed by atoms with Crippen molar-refractivity contribution in [3.63, 3.8) is 0 Å². The summed E-state index contributed by atoms with van der Waals surface area (Å²) in [6.45, 7) is -0.236. The standard InChI is InChI=1S/C20H22N2O7/c1-25-15-8-14(9-16(10-15)26-2)20(24)22-21-11-13-5-6-17(18(7-13)27-3)29-12-19(23)28-4/h5-11H,12H2,1-4H3,(H,22,24)/b21-11-. The minimum absolute atomic E-state index is 0.236. The Morgan fingerprint density at radius 3 is 2.21 bits per heavy atom. The van der Waals surface area contributed by atoms with Crippen LogP contribution in [0.5, 0.6) is 23.0 Å². The first-order chi connectivity index (χ1) is 14.0. The topological polar surface area (TPSA) is 105 Å². The monoisotopic (exact) mass is 402 g/mol. The van der Waals surface area contributed by atoms with Gasteiger partial charge in [0.1, 0.15) is 11.5 Å². The average Bonchev–Trinajstić information content (AvgIpc) is 2.76. The summed E-state index contributed by atoms with van der Waals surface area (Å²) in [4.78, 5) is 23.5. The zero-order chi connectivity index (χ0) is 21.2. The fourth-order valence-electron chi connectivity index (χ4n) is 2.25. The number of ether oxygens (including phenoxy) is 5. The van der Waals surface area contributed by atoms with E-state index in [0.717, 1.165) is 0 Å². The van der Waals surface area contributed by atoms with E-state index >= 15 is 0 Å². The molecule has 0 fully saturated rings. The SMILES string of the molecule is COC(=O)COc1ccc(/C=N\NC(=O)c2cc(OC)cc(OC)c2)cc1OC. The van der Waals surface area contributed by atoms with Crippen LogP contribution in [0.25, 0.3) is 0 Å². The van der Waals surface area contributed by atoms with Gasteiger partial charge < -0.3 is 23.7 Å². The van der Waals surface area contributed by atoms with E-state index < -0.39 is 11.9 Å². The van der Waals surface area contributed by atoms with Gasteiger partial charge in [-0.15, -0.1) is 0 Å². The molecule has 9 heteroatoms. The second kappa shape index (κ2) is 10.5. The number of esters is 1. The van der Waals surface area contributed by atoms with E-state index in [-0.39, 0.29) is 6.61 Å². The first kappa shape index (κ1) is 21.5. The molecule has 0 bridgehead atoms. The van der Waals surface area contributed by atoms with Gasteiger partial charge >= 0.3 is 5.97 Å². The molecule has 0 aliphatic rings. The number of amides is 1. The summed E-state index contributed by atoms with van der Waals surface area (Å²) in [5.74, 6) is 0.832. The molecular weight excluding hydrogens is 380 g/mol. The second-order valence-corrected chi connectivity index (χ2v) is 5.58. The Kier molecular flexibility index (Phi) is 7.84. The first-order valence-corrected chi connectivity index (χ1v) is 8.44. The van der Waals surface area contributed by atoms with Gasteiger partial charge in [-0.1, -0.05) is 0 Å². The molecule has 9 nitrogen and oxygen atoms in total. The van der Waals surface area contributed by atoms with Crippen LogP contribution in [-0.4, -0.2) is 53.1 Å². The van der Waals surface area contributed by atoms with Crippen molar-refractivity contribution in [2.45, 2.75) is 0 Å². The number of hydrogen-bond acceptors (Lipinski definition) is 8. The number of methoxy groups -OCH3 is 4. The molecule has 0 aliphatic heterocycles. The van der Waals surface area contributed by atoms with Crippen LogP contribution in [0.15, 0.2) is 41.5 Å². The van der Waals surface area contributed by atoms with Crippen molar-refractivity contribution in [1.82, 2.24) is 5.43 Å². The Bertz CT molecular complexity index is 874. The van der Waals surface area contributed by atoms with E-state index in [2.05, 4.69) is 15.3 Å². The van der Waals surface area contributed by atoms with Gasteiger partial charge in [-0.2, -0.15) is 5.10 Å². The maximum Gasteiger partial charge on any atom is 0.343 e. The average molecular weight is 402 g/mol. The molecule has 0 radical (unpaired) electrons. The van der Waals surface area contributed by atoms with Crippen molar-refractivity contribution >= 4 is 18.1 Å². The van der Waals surface area contributed by atoms with Crippen molar-refractivity contribution in [1.29, 1.82) is 0 Å². The minimum Gasteiger partial charge on any atom is -0.497 e. The summed E-state index contributed by atoms with van der Waals surface area (Å²) in [5.41, 5.74) is 3.42. The molecule has 154 valence electrons. The molecule has 0 aliphatic carbocycles. The smallest absolute Gasteiger partial charge is 0.343 e. The molecule has 1 amide bonds. The van der Waals surface area contributed by atoms with Gasteiger partial charge in [0, 0.05) is 11.6 Å². The quantitative estimate of drug-likeness (QED) is 0.389. The maximum absolute atomic E-state index is 12.3. The summed E-state index contributed by atoms with van der Waals surface area (Å²) in [5, 5.41) is 3.94. The molecular formula is C20H22N2O7. The lowest BCUT2D eigenvalue weighted by Crippen LogP contribution is -2.17. The van der Waals surface area contributed by atoms with Gasteiger partial charge in [0.25, 0.3) is 5.91 Å². The summed E-state index contributed by atoms with van der Waals surface area (Å²) in [6, 6.07) is 9.78. The second-order valence-electron chi connectivity index (χ2n) is 5.58. The van der Waals surface area contributed by atoms with Crippen molar-refractivity contribution in [2.75, 3.05) is 35.0 Å². The number of carbonyl (C=O) groups is 2. The van der Waals surface area contributed by atoms with Gasteiger partial charge in [0.15, 0.2) is 18.1 Å². The lowest BCUT2D eigenvalue weighted by molar-refractivity contribution is -0.142. The van der Waals surface area contributed by atoms with Crippen LogP contribution in [0, 0.1) is 0 Å². The zero-order valence-corrected chi connectivity index (χ0v) is 16.6. The third-order valence-corrected chi connectivity index (χ3v) is 3.75. The molecule has 0 heterocycles. The van der Waals surface area contributed by atoms with Crippen molar-refractivity contribution in [3.8, 4) is 23.0 Å². The molecule has 2 aromatic carbocycles. The fraction of sp³-hybridized carbons (Fsp3) is 0.250. The number of nitrogens with one attached hydrogen (secondary N) is 1. The Balaban J connectivity index is 2.06. The van der Waals surface area contributed by atoms with Gasteiger partial charge in [-0.05, 0) is 35.9 Å². The van der Waals surface area contributed by atoms with Crippen molar-refractivity contribution in [2.24, 2.45) is 5.10 Å². The van der Waals surface area contributed by atoms with E-state index in [1.807, 2.05) is 0 Å². The van der Waals surface area contributed by atoms with Crippen LogP contribution in [-0.2, 0) is 9.53 Å². The van der Waals surface area contributed by atoms with E-state index in [4.69, 9.17) is 18.9 Å². The molecule has 2 aromatic rings. The predicted molar refractivity (Wildman–Crippen MR) is 105 cm³/mol. The molecule has 0 spiro atoms. The third-order valence-electron chi connectivity index (χ3n) is 3.75. The van der Waals surface area contributed by atoms with E-state index in [1.54, 1.807) is 36.4 Å². The fourth-order valence-corrected chi connectivity index (χ4v) is 2.25. The number of nitrogens with zero attached hydrogens (tertiary/aromatic N) is 1. The maximum atomic E-state index is 12.3. The van der Waals surface area contributed by atoms with Gasteiger partial charge in [-0.3, -0.25) is 4.79 Å². The molecule has 1 N–H and O–H groups in total.